The zero-order valence-corrected chi connectivity index (χ0v) is 18.9. The highest BCUT2D eigenvalue weighted by molar-refractivity contribution is 5.94. The molecule has 1 atom stereocenters. The number of hydrogen-bond donors (Lipinski definition) is 3. The van der Waals surface area contributed by atoms with Gasteiger partial charge in [-0.15, -0.1) is 12.4 Å². The molecule has 0 heterocycles. The molecule has 32 heavy (non-hydrogen) atoms. The third kappa shape index (κ3) is 6.17. The number of benzene rings is 2. The van der Waals surface area contributed by atoms with E-state index in [4.69, 9.17) is 20.6 Å². The van der Waals surface area contributed by atoms with Crippen LogP contribution >= 0.6 is 12.4 Å². The molecule has 4 N–H and O–H groups in total. The smallest absolute Gasteiger partial charge is 0.254 e. The van der Waals surface area contributed by atoms with Crippen molar-refractivity contribution in [2.45, 2.75) is 39.3 Å². The Kier molecular flexibility index (Phi) is 8.58. The highest BCUT2D eigenvalue weighted by atomic mass is 35.5. The van der Waals surface area contributed by atoms with Crippen LogP contribution in [-0.4, -0.2) is 25.0 Å². The number of carbonyl (C=O) groups excluding carboxylic acids is 1. The minimum absolute atomic E-state index is 0. The van der Waals surface area contributed by atoms with E-state index in [2.05, 4.69) is 5.32 Å². The Morgan fingerprint density at radius 3 is 2.44 bits per heavy atom. The van der Waals surface area contributed by atoms with Gasteiger partial charge >= 0.3 is 0 Å². The van der Waals surface area contributed by atoms with E-state index in [-0.39, 0.29) is 42.6 Å². The van der Waals surface area contributed by atoms with Gasteiger partial charge in [0.1, 0.15) is 11.7 Å². The predicted octanol–water partition coefficient (Wildman–Crippen LogP) is 4.24. The van der Waals surface area contributed by atoms with Crippen molar-refractivity contribution < 1.29 is 23.0 Å². The quantitative estimate of drug-likeness (QED) is 0.359. The first-order chi connectivity index (χ1) is 14.7. The second-order valence-electron chi connectivity index (χ2n) is 8.04. The van der Waals surface area contributed by atoms with Crippen LogP contribution < -0.4 is 15.8 Å². The van der Waals surface area contributed by atoms with Crippen molar-refractivity contribution in [3.8, 4) is 5.75 Å². The van der Waals surface area contributed by atoms with E-state index >= 15 is 4.39 Å². The SMILES string of the molecule is CCO[C@H](C(=O)NCc1ccc(C(=N)N)cc1)c1c(F)ccc(OCC2(C)CC2)c1F.Cl. The van der Waals surface area contributed by atoms with E-state index in [0.717, 1.165) is 24.5 Å². The minimum atomic E-state index is -1.46. The van der Waals surface area contributed by atoms with Crippen LogP contribution in [0.2, 0.25) is 0 Å². The lowest BCUT2D eigenvalue weighted by Crippen LogP contribution is -2.32. The topological polar surface area (TPSA) is 97.4 Å². The van der Waals surface area contributed by atoms with Gasteiger partial charge < -0.3 is 20.5 Å². The molecule has 0 bridgehead atoms. The van der Waals surface area contributed by atoms with Crippen LogP contribution in [0.25, 0.3) is 0 Å². The summed E-state index contributed by atoms with van der Waals surface area (Å²) in [4.78, 5) is 12.8. The molecule has 1 saturated carbocycles. The molecule has 174 valence electrons. The third-order valence-electron chi connectivity index (χ3n) is 5.34. The number of amidine groups is 1. The average Bonchev–Trinajstić information content (AvgIpc) is 3.48. The minimum Gasteiger partial charge on any atom is -0.490 e. The first kappa shape index (κ1) is 25.5. The van der Waals surface area contributed by atoms with E-state index in [1.54, 1.807) is 31.2 Å². The summed E-state index contributed by atoms with van der Waals surface area (Å²) in [6.45, 7) is 4.22. The Labute approximate surface area is 192 Å². The molecule has 6 nitrogen and oxygen atoms in total. The van der Waals surface area contributed by atoms with Crippen molar-refractivity contribution >= 4 is 24.1 Å². The van der Waals surface area contributed by atoms with Crippen LogP contribution in [0.15, 0.2) is 36.4 Å². The van der Waals surface area contributed by atoms with Crippen LogP contribution in [-0.2, 0) is 16.1 Å². The Bertz CT molecular complexity index is 966. The van der Waals surface area contributed by atoms with Gasteiger partial charge in [0.25, 0.3) is 5.91 Å². The molecule has 0 aliphatic heterocycles. The van der Waals surface area contributed by atoms with Gasteiger partial charge in [0.2, 0.25) is 0 Å². The van der Waals surface area contributed by atoms with Crippen LogP contribution in [0.5, 0.6) is 5.75 Å². The second-order valence-corrected chi connectivity index (χ2v) is 8.04. The molecule has 2 aromatic rings. The summed E-state index contributed by atoms with van der Waals surface area (Å²) in [5.74, 6) is -2.62. The number of ether oxygens (including phenoxy) is 2. The van der Waals surface area contributed by atoms with Gasteiger partial charge in [0.05, 0.1) is 12.2 Å². The second kappa shape index (κ2) is 10.7. The predicted molar refractivity (Wildman–Crippen MR) is 120 cm³/mol. The zero-order valence-electron chi connectivity index (χ0n) is 18.0. The number of nitrogens with one attached hydrogen (secondary N) is 2. The lowest BCUT2D eigenvalue weighted by atomic mass is 10.1. The van der Waals surface area contributed by atoms with Gasteiger partial charge in [-0.1, -0.05) is 31.2 Å². The van der Waals surface area contributed by atoms with Gasteiger partial charge in [0, 0.05) is 24.1 Å². The molecule has 2 aromatic carbocycles. The standard InChI is InChI=1S/C23H27F2N3O3.ClH/c1-3-30-20(22(29)28-12-14-4-6-15(7-5-14)21(26)27)18-16(24)8-9-17(19(18)25)31-13-23(2)10-11-23;/h4-9,20H,3,10-13H2,1-2H3,(H3,26,27)(H,28,29);1H/t20-;/m0./s1. The molecular weight excluding hydrogens is 440 g/mol. The number of rotatable bonds is 10. The Balaban J connectivity index is 0.00000363. The highest BCUT2D eigenvalue weighted by Crippen LogP contribution is 2.45. The number of hydrogen-bond acceptors (Lipinski definition) is 4. The molecule has 1 amide bonds. The molecular formula is C23H28ClF2N3O3. The number of halogens is 3. The lowest BCUT2D eigenvalue weighted by molar-refractivity contribution is -0.133. The fourth-order valence-electron chi connectivity index (χ4n) is 3.05. The molecule has 9 heteroatoms. The summed E-state index contributed by atoms with van der Waals surface area (Å²) in [6, 6.07) is 9.05. The first-order valence-electron chi connectivity index (χ1n) is 10.2. The molecule has 0 aromatic heterocycles. The maximum atomic E-state index is 15.1. The van der Waals surface area contributed by atoms with Crippen molar-refractivity contribution in [3.05, 3.63) is 64.7 Å². The molecule has 3 rings (SSSR count). The monoisotopic (exact) mass is 467 g/mol. The fraction of sp³-hybridized carbons (Fsp3) is 0.391. The number of carbonyl (C=O) groups is 1. The summed E-state index contributed by atoms with van der Waals surface area (Å²) >= 11 is 0. The molecule has 0 spiro atoms. The van der Waals surface area contributed by atoms with Crippen LogP contribution in [0.4, 0.5) is 8.78 Å². The Hall–Kier alpha value is -2.71. The Morgan fingerprint density at radius 2 is 1.88 bits per heavy atom. The highest BCUT2D eigenvalue weighted by Gasteiger charge is 2.38. The summed E-state index contributed by atoms with van der Waals surface area (Å²) in [5.41, 5.74) is 6.28. The van der Waals surface area contributed by atoms with Crippen LogP contribution in [0, 0.1) is 22.5 Å². The lowest BCUT2D eigenvalue weighted by Gasteiger charge is -2.20. The average molecular weight is 468 g/mol. The van der Waals surface area contributed by atoms with Crippen molar-refractivity contribution in [1.29, 1.82) is 5.41 Å². The van der Waals surface area contributed by atoms with Gasteiger partial charge in [-0.25, -0.2) is 8.78 Å². The molecule has 1 aliphatic rings. The van der Waals surface area contributed by atoms with Gasteiger partial charge in [-0.3, -0.25) is 10.2 Å². The van der Waals surface area contributed by atoms with E-state index in [0.29, 0.717) is 12.2 Å². The van der Waals surface area contributed by atoms with E-state index in [1.807, 2.05) is 6.92 Å². The Morgan fingerprint density at radius 1 is 1.22 bits per heavy atom. The van der Waals surface area contributed by atoms with Gasteiger partial charge in [-0.2, -0.15) is 0 Å². The molecule has 0 saturated heterocycles. The normalized spacial score (nSPS) is 14.8. The van der Waals surface area contributed by atoms with Crippen molar-refractivity contribution in [2.24, 2.45) is 11.1 Å². The number of amides is 1. The maximum Gasteiger partial charge on any atom is 0.254 e. The molecule has 1 aliphatic carbocycles. The van der Waals surface area contributed by atoms with E-state index < -0.39 is 29.2 Å². The van der Waals surface area contributed by atoms with Crippen LogP contribution in [0.3, 0.4) is 0 Å². The number of nitrogens with two attached hydrogens (primary N) is 1. The summed E-state index contributed by atoms with van der Waals surface area (Å²) < 4.78 is 40.6. The molecule has 1 fully saturated rings. The fourth-order valence-corrected chi connectivity index (χ4v) is 3.05. The van der Waals surface area contributed by atoms with Crippen molar-refractivity contribution in [2.75, 3.05) is 13.2 Å². The summed E-state index contributed by atoms with van der Waals surface area (Å²) in [7, 11) is 0. The maximum absolute atomic E-state index is 15.1. The molecule has 0 unspecified atom stereocenters. The van der Waals surface area contributed by atoms with Gasteiger partial charge in [0.15, 0.2) is 17.7 Å². The van der Waals surface area contributed by atoms with Crippen LogP contribution in [0.1, 0.15) is 49.5 Å². The molecule has 0 radical (unpaired) electrons. The van der Waals surface area contributed by atoms with Gasteiger partial charge in [-0.05, 0) is 37.5 Å². The zero-order chi connectivity index (χ0) is 22.6. The largest absolute Gasteiger partial charge is 0.490 e. The van der Waals surface area contributed by atoms with Crippen molar-refractivity contribution in [3.63, 3.8) is 0 Å². The van der Waals surface area contributed by atoms with E-state index in [9.17, 15) is 9.18 Å². The third-order valence-corrected chi connectivity index (χ3v) is 5.34. The number of nitrogen functional groups attached to an aromatic ring is 1. The van der Waals surface area contributed by atoms with Crippen molar-refractivity contribution in [1.82, 2.24) is 5.32 Å². The van der Waals surface area contributed by atoms with E-state index in [1.165, 1.54) is 6.07 Å². The first-order valence-corrected chi connectivity index (χ1v) is 10.2. The summed E-state index contributed by atoms with van der Waals surface area (Å²) in [5, 5.41) is 10.1. The summed E-state index contributed by atoms with van der Waals surface area (Å²) in [6.07, 6.45) is 0.543.